The number of carbonyl (C=O) groups excluding carboxylic acids is 2. The SMILES string of the molecule is CC/C=C/C=C/C=C/C=C\CCCCCCCC(=O)OC(CCC/C=C\CCCCCCCC)CC(=O)NC(CO)C(O)CCCCCCCCCCC. The number of amides is 1. The summed E-state index contributed by atoms with van der Waals surface area (Å²) in [4.78, 5) is 25.9. The van der Waals surface area contributed by atoms with Gasteiger partial charge in [-0.15, -0.1) is 0 Å². The molecule has 0 radical (unpaired) electrons. The summed E-state index contributed by atoms with van der Waals surface area (Å²) in [5.41, 5.74) is 0. The number of hydrogen-bond donors (Lipinski definition) is 3. The molecule has 0 aromatic rings. The average Bonchev–Trinajstić information content (AvgIpc) is 3.16. The molecule has 0 bridgehead atoms. The minimum atomic E-state index is -0.797. The summed E-state index contributed by atoms with van der Waals surface area (Å²) in [5, 5.41) is 23.5. The highest BCUT2D eigenvalue weighted by molar-refractivity contribution is 5.77. The smallest absolute Gasteiger partial charge is 0.306 e. The molecular weight excluding hydrogens is 671 g/mol. The highest BCUT2D eigenvalue weighted by Gasteiger charge is 2.24. The maximum atomic E-state index is 13.1. The monoisotopic (exact) mass is 756 g/mol. The van der Waals surface area contributed by atoms with Gasteiger partial charge in [0.25, 0.3) is 0 Å². The lowest BCUT2D eigenvalue weighted by Crippen LogP contribution is -2.46. The second kappa shape index (κ2) is 41.7. The van der Waals surface area contributed by atoms with Gasteiger partial charge >= 0.3 is 5.97 Å². The number of hydrogen-bond acceptors (Lipinski definition) is 5. The first kappa shape index (κ1) is 51.6. The quantitative estimate of drug-likeness (QED) is 0.0251. The van der Waals surface area contributed by atoms with Crippen LogP contribution in [0.3, 0.4) is 0 Å². The van der Waals surface area contributed by atoms with Crippen molar-refractivity contribution in [2.24, 2.45) is 0 Å². The zero-order valence-corrected chi connectivity index (χ0v) is 35.3. The van der Waals surface area contributed by atoms with Crippen LogP contribution in [-0.2, 0) is 14.3 Å². The molecule has 0 aliphatic carbocycles. The summed E-state index contributed by atoms with van der Waals surface area (Å²) in [6.07, 6.45) is 50.0. The summed E-state index contributed by atoms with van der Waals surface area (Å²) in [5.74, 6) is -0.536. The predicted molar refractivity (Wildman–Crippen MR) is 232 cm³/mol. The van der Waals surface area contributed by atoms with E-state index in [1.54, 1.807) is 0 Å². The van der Waals surface area contributed by atoms with E-state index in [0.717, 1.165) is 83.5 Å². The third kappa shape index (κ3) is 36.5. The van der Waals surface area contributed by atoms with Crippen LogP contribution in [0.4, 0.5) is 0 Å². The van der Waals surface area contributed by atoms with E-state index in [1.165, 1.54) is 77.0 Å². The molecule has 0 fully saturated rings. The van der Waals surface area contributed by atoms with Gasteiger partial charge in [0.05, 0.1) is 25.2 Å². The predicted octanol–water partition coefficient (Wildman–Crippen LogP) is 12.9. The van der Waals surface area contributed by atoms with E-state index in [9.17, 15) is 19.8 Å². The number of nitrogens with one attached hydrogen (secondary N) is 1. The van der Waals surface area contributed by atoms with Crippen LogP contribution in [0.5, 0.6) is 0 Å². The maximum Gasteiger partial charge on any atom is 0.306 e. The molecule has 0 saturated heterocycles. The van der Waals surface area contributed by atoms with Crippen molar-refractivity contribution < 1.29 is 24.5 Å². The third-order valence-corrected chi connectivity index (χ3v) is 9.93. The maximum absolute atomic E-state index is 13.1. The van der Waals surface area contributed by atoms with Crippen LogP contribution in [0.1, 0.15) is 207 Å². The van der Waals surface area contributed by atoms with Gasteiger partial charge in [-0.1, -0.05) is 191 Å². The molecule has 0 rings (SSSR count). The van der Waals surface area contributed by atoms with Crippen LogP contribution in [0.25, 0.3) is 0 Å². The van der Waals surface area contributed by atoms with Gasteiger partial charge in [0.1, 0.15) is 6.10 Å². The standard InChI is InChI=1S/C48H85NO5/c1-4-7-10-13-16-19-21-22-23-24-26-29-32-35-38-41-48(53)54-44(39-36-33-30-28-25-20-17-14-11-8-5-2)42-47(52)49-45(43-50)46(51)40-37-34-31-27-18-15-12-9-6-3/h7,10,13,16,19,21-23,28,30,44-46,50-51H,4-6,8-9,11-12,14-15,17-18,20,24-27,29,31-43H2,1-3H3,(H,49,52)/b10-7+,16-13+,21-19+,23-22-,30-28-. The Balaban J connectivity index is 4.66. The Bertz CT molecular complexity index is 984. The lowest BCUT2D eigenvalue weighted by atomic mass is 10.0. The second-order valence-corrected chi connectivity index (χ2v) is 15.2. The van der Waals surface area contributed by atoms with Crippen LogP contribution >= 0.6 is 0 Å². The van der Waals surface area contributed by atoms with Crippen LogP contribution in [0.15, 0.2) is 60.8 Å². The van der Waals surface area contributed by atoms with Gasteiger partial charge in [0, 0.05) is 6.42 Å². The van der Waals surface area contributed by atoms with Crippen molar-refractivity contribution in [2.75, 3.05) is 6.61 Å². The fourth-order valence-electron chi connectivity index (χ4n) is 6.50. The molecule has 0 aliphatic heterocycles. The van der Waals surface area contributed by atoms with Gasteiger partial charge in [0.2, 0.25) is 5.91 Å². The highest BCUT2D eigenvalue weighted by atomic mass is 16.5. The molecule has 3 unspecified atom stereocenters. The fraction of sp³-hybridized carbons (Fsp3) is 0.750. The number of esters is 1. The molecule has 0 spiro atoms. The van der Waals surface area contributed by atoms with E-state index >= 15 is 0 Å². The normalized spacial score (nSPS) is 13.9. The van der Waals surface area contributed by atoms with Crippen molar-refractivity contribution in [2.45, 2.75) is 225 Å². The van der Waals surface area contributed by atoms with E-state index in [0.29, 0.717) is 19.3 Å². The summed E-state index contributed by atoms with van der Waals surface area (Å²) in [6.45, 7) is 6.28. The summed E-state index contributed by atoms with van der Waals surface area (Å²) in [6, 6.07) is -0.713. The Kier molecular flexibility index (Phi) is 39.8. The minimum absolute atomic E-state index is 0.0450. The van der Waals surface area contributed by atoms with Crippen molar-refractivity contribution in [1.82, 2.24) is 5.32 Å². The van der Waals surface area contributed by atoms with Crippen LogP contribution < -0.4 is 5.32 Å². The van der Waals surface area contributed by atoms with Gasteiger partial charge in [0.15, 0.2) is 0 Å². The first-order valence-electron chi connectivity index (χ1n) is 22.6. The zero-order valence-electron chi connectivity index (χ0n) is 35.3. The lowest BCUT2D eigenvalue weighted by Gasteiger charge is -2.24. The molecule has 1 amide bonds. The van der Waals surface area contributed by atoms with Crippen molar-refractivity contribution in [3.63, 3.8) is 0 Å². The fourth-order valence-corrected chi connectivity index (χ4v) is 6.50. The molecule has 312 valence electrons. The molecule has 6 nitrogen and oxygen atoms in total. The minimum Gasteiger partial charge on any atom is -0.462 e. The lowest BCUT2D eigenvalue weighted by molar-refractivity contribution is -0.151. The molecule has 3 N–H and O–H groups in total. The molecule has 0 aliphatic rings. The van der Waals surface area contributed by atoms with E-state index in [1.807, 2.05) is 18.2 Å². The molecule has 0 aromatic carbocycles. The number of aliphatic hydroxyl groups is 2. The Morgan fingerprint density at radius 1 is 0.556 bits per heavy atom. The van der Waals surface area contributed by atoms with Crippen molar-refractivity contribution in [1.29, 1.82) is 0 Å². The number of carbonyl (C=O) groups is 2. The summed E-state index contributed by atoms with van der Waals surface area (Å²) in [7, 11) is 0. The van der Waals surface area contributed by atoms with Crippen LogP contribution in [0.2, 0.25) is 0 Å². The molecule has 3 atom stereocenters. The van der Waals surface area contributed by atoms with Crippen molar-refractivity contribution in [3.05, 3.63) is 60.8 Å². The molecule has 0 heterocycles. The van der Waals surface area contributed by atoms with E-state index in [4.69, 9.17) is 4.74 Å². The Hall–Kier alpha value is -2.44. The Morgan fingerprint density at radius 3 is 1.61 bits per heavy atom. The van der Waals surface area contributed by atoms with Gasteiger partial charge < -0.3 is 20.3 Å². The summed E-state index contributed by atoms with van der Waals surface area (Å²) < 4.78 is 5.87. The van der Waals surface area contributed by atoms with E-state index < -0.39 is 18.2 Å². The topological polar surface area (TPSA) is 95.9 Å². The van der Waals surface area contributed by atoms with Gasteiger partial charge in [-0.05, 0) is 64.2 Å². The highest BCUT2D eigenvalue weighted by Crippen LogP contribution is 2.16. The molecule has 54 heavy (non-hydrogen) atoms. The number of unbranched alkanes of at least 4 members (excludes halogenated alkanes) is 20. The first-order chi connectivity index (χ1) is 26.5. The molecular formula is C48H85NO5. The molecule has 0 saturated carbocycles. The summed E-state index contributed by atoms with van der Waals surface area (Å²) >= 11 is 0. The van der Waals surface area contributed by atoms with Crippen LogP contribution in [0, 0.1) is 0 Å². The van der Waals surface area contributed by atoms with E-state index in [2.05, 4.69) is 68.6 Å². The third-order valence-electron chi connectivity index (χ3n) is 9.93. The van der Waals surface area contributed by atoms with Crippen molar-refractivity contribution in [3.8, 4) is 0 Å². The number of rotatable bonds is 39. The van der Waals surface area contributed by atoms with Crippen LogP contribution in [-0.4, -0.2) is 46.9 Å². The second-order valence-electron chi connectivity index (χ2n) is 15.2. The van der Waals surface area contributed by atoms with Gasteiger partial charge in [-0.2, -0.15) is 0 Å². The average molecular weight is 756 g/mol. The zero-order chi connectivity index (χ0) is 39.6. The Labute approximate surface area is 333 Å². The molecule has 0 aromatic heterocycles. The largest absolute Gasteiger partial charge is 0.462 e. The number of allylic oxidation sites excluding steroid dienone is 10. The van der Waals surface area contributed by atoms with E-state index in [-0.39, 0.29) is 24.9 Å². The first-order valence-corrected chi connectivity index (χ1v) is 22.6. The molecule has 6 heteroatoms. The number of aliphatic hydroxyl groups excluding tert-OH is 2. The van der Waals surface area contributed by atoms with Gasteiger partial charge in [-0.25, -0.2) is 0 Å². The Morgan fingerprint density at radius 2 is 1.04 bits per heavy atom. The van der Waals surface area contributed by atoms with Gasteiger partial charge in [-0.3, -0.25) is 9.59 Å². The number of ether oxygens (including phenoxy) is 1. The van der Waals surface area contributed by atoms with Crippen molar-refractivity contribution >= 4 is 11.9 Å².